The predicted octanol–water partition coefficient (Wildman–Crippen LogP) is 5.37. The third-order valence-electron chi connectivity index (χ3n) is 4.33. The minimum Gasteiger partial charge on any atom is -0.240 e. The molecule has 0 fully saturated rings. The highest BCUT2D eigenvalue weighted by Gasteiger charge is 2.12. The quantitative estimate of drug-likeness (QED) is 0.283. The molecule has 0 aliphatic heterocycles. The van der Waals surface area contributed by atoms with E-state index in [9.17, 15) is 4.39 Å². The number of hydrogen-bond acceptors (Lipinski definition) is 6. The maximum absolute atomic E-state index is 13.1. The lowest BCUT2D eigenvalue weighted by Gasteiger charge is -2.03. The minimum atomic E-state index is -0.245. The molecule has 0 aliphatic carbocycles. The zero-order chi connectivity index (χ0) is 19.6. The van der Waals surface area contributed by atoms with Crippen molar-refractivity contribution in [1.29, 1.82) is 0 Å². The molecule has 0 amide bonds. The maximum Gasteiger partial charge on any atom is 0.167 e. The molecule has 0 radical (unpaired) electrons. The smallest absolute Gasteiger partial charge is 0.167 e. The van der Waals surface area contributed by atoms with Crippen LogP contribution in [0.5, 0.6) is 0 Å². The highest BCUT2D eigenvalue weighted by atomic mass is 32.2. The largest absolute Gasteiger partial charge is 0.240 e. The van der Waals surface area contributed by atoms with Gasteiger partial charge in [-0.1, -0.05) is 30.0 Å². The molecule has 29 heavy (non-hydrogen) atoms. The van der Waals surface area contributed by atoms with Crippen LogP contribution in [0.3, 0.4) is 0 Å². The van der Waals surface area contributed by atoms with E-state index in [0.29, 0.717) is 5.75 Å². The monoisotopic (exact) mass is 419 g/mol. The number of para-hydroxylation sites is 1. The average Bonchev–Trinajstić information content (AvgIpc) is 3.41. The highest BCUT2D eigenvalue weighted by molar-refractivity contribution is 7.98. The molecule has 3 heterocycles. The standard InChI is InChI=1S/C21H14FN5S2/c22-15-8-6-14(7-9-15)20-26-16(11-28-20)12-29-21-18-10-25-27(19(18)23-13-24-21)17-4-2-1-3-5-17/h1-11,13H,12H2. The summed E-state index contributed by atoms with van der Waals surface area (Å²) in [5.41, 5.74) is 3.61. The molecule has 2 aromatic carbocycles. The van der Waals surface area contributed by atoms with E-state index >= 15 is 0 Å². The number of nitrogens with zero attached hydrogens (tertiary/aromatic N) is 5. The Labute approximate surface area is 174 Å². The van der Waals surface area contributed by atoms with E-state index in [2.05, 4.69) is 20.1 Å². The Hall–Kier alpha value is -3.10. The summed E-state index contributed by atoms with van der Waals surface area (Å²) in [6.07, 6.45) is 3.37. The van der Waals surface area contributed by atoms with Gasteiger partial charge >= 0.3 is 0 Å². The fourth-order valence-corrected chi connectivity index (χ4v) is 4.72. The van der Waals surface area contributed by atoms with Gasteiger partial charge in [0.05, 0.1) is 23.0 Å². The maximum atomic E-state index is 13.1. The third-order valence-corrected chi connectivity index (χ3v) is 6.31. The van der Waals surface area contributed by atoms with Gasteiger partial charge in [-0.2, -0.15) is 5.10 Å². The molecule has 0 spiro atoms. The van der Waals surface area contributed by atoms with E-state index in [4.69, 9.17) is 0 Å². The Morgan fingerprint density at radius 1 is 1.00 bits per heavy atom. The second kappa shape index (κ2) is 7.73. The van der Waals surface area contributed by atoms with Gasteiger partial charge in [0, 0.05) is 16.7 Å². The predicted molar refractivity (Wildman–Crippen MR) is 114 cm³/mol. The Morgan fingerprint density at radius 2 is 1.83 bits per heavy atom. The lowest BCUT2D eigenvalue weighted by atomic mass is 10.2. The van der Waals surface area contributed by atoms with Gasteiger partial charge in [-0.3, -0.25) is 0 Å². The molecule has 0 unspecified atom stereocenters. The summed E-state index contributed by atoms with van der Waals surface area (Å²) in [4.78, 5) is 13.5. The summed E-state index contributed by atoms with van der Waals surface area (Å²) in [6.45, 7) is 0. The molecule has 0 saturated heterocycles. The van der Waals surface area contributed by atoms with Crippen LogP contribution in [0, 0.1) is 5.82 Å². The van der Waals surface area contributed by atoms with Crippen molar-refractivity contribution in [3.05, 3.63) is 84.0 Å². The van der Waals surface area contributed by atoms with Gasteiger partial charge in [0.1, 0.15) is 22.2 Å². The lowest BCUT2D eigenvalue weighted by Crippen LogP contribution is -1.97. The number of hydrogen-bond donors (Lipinski definition) is 0. The number of thiazole rings is 1. The molecular weight excluding hydrogens is 405 g/mol. The fourth-order valence-electron chi connectivity index (χ4n) is 2.94. The van der Waals surface area contributed by atoms with E-state index in [1.165, 1.54) is 12.1 Å². The van der Waals surface area contributed by atoms with Crippen LogP contribution in [0.2, 0.25) is 0 Å². The van der Waals surface area contributed by atoms with Crippen LogP contribution in [0.1, 0.15) is 5.69 Å². The Morgan fingerprint density at radius 3 is 2.66 bits per heavy atom. The van der Waals surface area contributed by atoms with Crippen LogP contribution < -0.4 is 0 Å². The fraction of sp³-hybridized carbons (Fsp3) is 0.0476. The van der Waals surface area contributed by atoms with Crippen molar-refractivity contribution in [3.63, 3.8) is 0 Å². The number of benzene rings is 2. The zero-order valence-electron chi connectivity index (χ0n) is 15.1. The van der Waals surface area contributed by atoms with E-state index in [1.54, 1.807) is 47.8 Å². The molecule has 0 aliphatic rings. The van der Waals surface area contributed by atoms with Gasteiger partial charge in [0.25, 0.3) is 0 Å². The van der Waals surface area contributed by atoms with Crippen LogP contribution in [-0.4, -0.2) is 24.7 Å². The van der Waals surface area contributed by atoms with Crippen LogP contribution in [-0.2, 0) is 5.75 Å². The van der Waals surface area contributed by atoms with Crippen molar-refractivity contribution in [2.45, 2.75) is 10.8 Å². The number of aromatic nitrogens is 5. The molecule has 0 saturated carbocycles. The molecule has 0 atom stereocenters. The molecule has 142 valence electrons. The number of rotatable bonds is 5. The normalized spacial score (nSPS) is 11.2. The first-order chi connectivity index (χ1) is 14.3. The van der Waals surface area contributed by atoms with Crippen LogP contribution in [0.25, 0.3) is 27.3 Å². The van der Waals surface area contributed by atoms with Crippen LogP contribution >= 0.6 is 23.1 Å². The van der Waals surface area contributed by atoms with E-state index in [1.807, 2.05) is 40.4 Å². The average molecular weight is 420 g/mol. The molecule has 3 aromatic heterocycles. The molecular formula is C21H14FN5S2. The van der Waals surface area contributed by atoms with Crippen molar-refractivity contribution in [2.75, 3.05) is 0 Å². The molecule has 0 N–H and O–H groups in total. The van der Waals surface area contributed by atoms with E-state index < -0.39 is 0 Å². The van der Waals surface area contributed by atoms with Gasteiger partial charge in [-0.05, 0) is 36.4 Å². The molecule has 8 heteroatoms. The van der Waals surface area contributed by atoms with Crippen molar-refractivity contribution < 1.29 is 4.39 Å². The Kier molecular flexibility index (Phi) is 4.79. The molecule has 5 rings (SSSR count). The summed E-state index contributed by atoms with van der Waals surface area (Å²) in [5.74, 6) is 0.435. The van der Waals surface area contributed by atoms with Crippen LogP contribution in [0.15, 0.2) is 77.5 Å². The van der Waals surface area contributed by atoms with E-state index in [-0.39, 0.29) is 5.82 Å². The van der Waals surface area contributed by atoms with Crippen LogP contribution in [0.4, 0.5) is 4.39 Å². The van der Waals surface area contributed by atoms with Gasteiger partial charge in [0.2, 0.25) is 0 Å². The summed E-state index contributed by atoms with van der Waals surface area (Å²) in [6, 6.07) is 16.3. The van der Waals surface area contributed by atoms with Gasteiger partial charge in [0.15, 0.2) is 5.65 Å². The SMILES string of the molecule is Fc1ccc(-c2nc(CSc3ncnc4c3cnn4-c3ccccc3)cs2)cc1. The summed E-state index contributed by atoms with van der Waals surface area (Å²) >= 11 is 3.15. The topological polar surface area (TPSA) is 56.5 Å². The highest BCUT2D eigenvalue weighted by Crippen LogP contribution is 2.30. The number of thioether (sulfide) groups is 1. The van der Waals surface area contributed by atoms with Crippen molar-refractivity contribution in [2.24, 2.45) is 0 Å². The summed E-state index contributed by atoms with van der Waals surface area (Å²) < 4.78 is 14.9. The first-order valence-electron chi connectivity index (χ1n) is 8.85. The minimum absolute atomic E-state index is 0.245. The van der Waals surface area contributed by atoms with Crippen molar-refractivity contribution in [3.8, 4) is 16.3 Å². The second-order valence-corrected chi connectivity index (χ2v) is 8.07. The molecule has 5 aromatic rings. The second-order valence-electron chi connectivity index (χ2n) is 6.25. The number of fused-ring (bicyclic) bond motifs is 1. The van der Waals surface area contributed by atoms with Gasteiger partial charge < -0.3 is 0 Å². The summed E-state index contributed by atoms with van der Waals surface area (Å²) in [5, 5.41) is 9.18. The third kappa shape index (κ3) is 3.64. The van der Waals surface area contributed by atoms with Crippen molar-refractivity contribution in [1.82, 2.24) is 24.7 Å². The summed E-state index contributed by atoms with van der Waals surface area (Å²) in [7, 11) is 0. The Bertz CT molecular complexity index is 1270. The number of halogens is 1. The van der Waals surface area contributed by atoms with Crippen molar-refractivity contribution >= 4 is 34.1 Å². The Balaban J connectivity index is 1.38. The van der Waals surface area contributed by atoms with E-state index in [0.717, 1.165) is 38.0 Å². The first kappa shape index (κ1) is 18.0. The molecule has 5 nitrogen and oxygen atoms in total. The lowest BCUT2D eigenvalue weighted by molar-refractivity contribution is 0.628. The zero-order valence-corrected chi connectivity index (χ0v) is 16.7. The van der Waals surface area contributed by atoms with Gasteiger partial charge in [-0.15, -0.1) is 11.3 Å². The molecule has 0 bridgehead atoms. The van der Waals surface area contributed by atoms with Gasteiger partial charge in [-0.25, -0.2) is 24.0 Å². The first-order valence-corrected chi connectivity index (χ1v) is 10.7.